The van der Waals surface area contributed by atoms with E-state index < -0.39 is 24.8 Å². The van der Waals surface area contributed by atoms with Gasteiger partial charge in [-0.1, -0.05) is 0 Å². The lowest BCUT2D eigenvalue weighted by Crippen LogP contribution is -2.19. The number of aromatic nitrogens is 1. The first kappa shape index (κ1) is 16.9. The van der Waals surface area contributed by atoms with Crippen molar-refractivity contribution >= 4 is 28.6 Å². The van der Waals surface area contributed by atoms with Crippen molar-refractivity contribution in [2.24, 2.45) is 0 Å². The van der Waals surface area contributed by atoms with E-state index in [1.807, 2.05) is 0 Å². The maximum Gasteiger partial charge on any atom is 0.573 e. The normalized spacial score (nSPS) is 11.3. The predicted octanol–water partition coefficient (Wildman–Crippen LogP) is 3.16. The highest BCUT2D eigenvalue weighted by Gasteiger charge is 2.33. The summed E-state index contributed by atoms with van der Waals surface area (Å²) in [4.78, 5) is 15.0. The predicted molar refractivity (Wildman–Crippen MR) is 68.8 cm³/mol. The minimum atomic E-state index is -4.93. The van der Waals surface area contributed by atoms with Crippen molar-refractivity contribution in [1.82, 2.24) is 4.98 Å². The fourth-order valence-electron chi connectivity index (χ4n) is 1.36. The molecule has 4 nitrogen and oxygen atoms in total. The minimum Gasteiger partial charge on any atom is -0.466 e. The summed E-state index contributed by atoms with van der Waals surface area (Å²) in [5.74, 6) is -1.30. The highest BCUT2D eigenvalue weighted by molar-refractivity contribution is 14.1. The van der Waals surface area contributed by atoms with Crippen LogP contribution in [0.2, 0.25) is 0 Å². The first-order valence-electron chi connectivity index (χ1n) is 5.42. The van der Waals surface area contributed by atoms with Gasteiger partial charge in [0.25, 0.3) is 0 Å². The van der Waals surface area contributed by atoms with Gasteiger partial charge in [0.2, 0.25) is 0 Å². The average Bonchev–Trinajstić information content (AvgIpc) is 2.31. The molecular formula is C11H10F4INO3. The first-order valence-corrected chi connectivity index (χ1v) is 6.50. The van der Waals surface area contributed by atoms with Crippen LogP contribution in [0.1, 0.15) is 18.2 Å². The van der Waals surface area contributed by atoms with E-state index in [1.54, 1.807) is 29.5 Å². The molecular weight excluding hydrogens is 397 g/mol. The lowest BCUT2D eigenvalue weighted by Gasteiger charge is -2.14. The molecule has 1 aromatic rings. The number of rotatable bonds is 5. The molecule has 0 saturated heterocycles. The highest BCUT2D eigenvalue weighted by Crippen LogP contribution is 2.31. The number of alkyl halides is 4. The summed E-state index contributed by atoms with van der Waals surface area (Å²) in [6.07, 6.45) is -4.43. The molecule has 0 spiro atoms. The second-order valence-electron chi connectivity index (χ2n) is 3.52. The molecule has 0 saturated carbocycles. The van der Waals surface area contributed by atoms with Gasteiger partial charge >= 0.3 is 12.3 Å². The van der Waals surface area contributed by atoms with E-state index in [1.165, 1.54) is 0 Å². The third-order valence-corrected chi connectivity index (χ3v) is 3.40. The van der Waals surface area contributed by atoms with Crippen LogP contribution in [0.5, 0.6) is 5.75 Å². The van der Waals surface area contributed by atoms with Crippen molar-refractivity contribution in [2.45, 2.75) is 26.4 Å². The molecule has 0 radical (unpaired) electrons. The molecule has 0 atom stereocenters. The molecule has 1 rings (SSSR count). The van der Waals surface area contributed by atoms with Gasteiger partial charge in [-0.05, 0) is 29.5 Å². The van der Waals surface area contributed by atoms with Crippen LogP contribution in [0.3, 0.4) is 0 Å². The van der Waals surface area contributed by atoms with Crippen LogP contribution in [0.4, 0.5) is 17.6 Å². The molecule has 0 aliphatic rings. The van der Waals surface area contributed by atoms with E-state index in [4.69, 9.17) is 4.74 Å². The maximum atomic E-state index is 12.9. The van der Waals surface area contributed by atoms with Crippen LogP contribution < -0.4 is 4.74 Å². The van der Waals surface area contributed by atoms with Crippen molar-refractivity contribution in [2.75, 3.05) is 6.61 Å². The summed E-state index contributed by atoms with van der Waals surface area (Å²) < 4.78 is 57.8. The molecule has 0 bridgehead atoms. The van der Waals surface area contributed by atoms with Crippen molar-refractivity contribution in [3.63, 3.8) is 0 Å². The Morgan fingerprint density at radius 3 is 2.60 bits per heavy atom. The molecule has 0 fully saturated rings. The van der Waals surface area contributed by atoms with E-state index in [9.17, 15) is 22.4 Å². The van der Waals surface area contributed by atoms with Crippen molar-refractivity contribution in [3.05, 3.63) is 21.0 Å². The zero-order chi connectivity index (χ0) is 15.3. The summed E-state index contributed by atoms with van der Waals surface area (Å²) in [5, 5.41) is 0. The largest absolute Gasteiger partial charge is 0.573 e. The number of hydrogen-bond donors (Lipinski definition) is 0. The molecule has 0 aromatic carbocycles. The zero-order valence-corrected chi connectivity index (χ0v) is 12.4. The monoisotopic (exact) mass is 407 g/mol. The Hall–Kier alpha value is -1.13. The Labute approximate surface area is 125 Å². The molecule has 0 amide bonds. The maximum absolute atomic E-state index is 12.9. The Morgan fingerprint density at radius 1 is 1.45 bits per heavy atom. The number of hydrogen-bond acceptors (Lipinski definition) is 4. The van der Waals surface area contributed by atoms with Gasteiger partial charge in [0, 0.05) is 9.13 Å². The van der Waals surface area contributed by atoms with Crippen LogP contribution in [0, 0.1) is 3.57 Å². The van der Waals surface area contributed by atoms with Crippen molar-refractivity contribution in [3.8, 4) is 5.75 Å². The van der Waals surface area contributed by atoms with Gasteiger partial charge in [0.15, 0.2) is 5.75 Å². The standard InChI is InChI=1S/C11H10F4INO3/c1-2-19-9(18)3-7-10(16)6(4-12)8(5-17-7)20-11(13,14)15/h5H,2-4H2,1H3. The fourth-order valence-corrected chi connectivity index (χ4v) is 2.10. The van der Waals surface area contributed by atoms with Gasteiger partial charge in [-0.3, -0.25) is 9.78 Å². The van der Waals surface area contributed by atoms with E-state index in [0.29, 0.717) is 0 Å². The number of nitrogens with zero attached hydrogens (tertiary/aromatic N) is 1. The number of halogens is 5. The second kappa shape index (κ2) is 7.04. The SMILES string of the molecule is CCOC(=O)Cc1ncc(OC(F)(F)F)c(CF)c1I. The summed E-state index contributed by atoms with van der Waals surface area (Å²) >= 11 is 1.62. The Kier molecular flexibility index (Phi) is 5.96. The van der Waals surface area contributed by atoms with E-state index in [2.05, 4.69) is 9.72 Å². The van der Waals surface area contributed by atoms with E-state index >= 15 is 0 Å². The third-order valence-electron chi connectivity index (χ3n) is 2.13. The summed E-state index contributed by atoms with van der Waals surface area (Å²) in [6.45, 7) is 0.617. The quantitative estimate of drug-likeness (QED) is 0.428. The molecule has 0 unspecified atom stereocenters. The number of ether oxygens (including phenoxy) is 2. The number of esters is 1. The lowest BCUT2D eigenvalue weighted by molar-refractivity contribution is -0.275. The molecule has 0 aliphatic heterocycles. The second-order valence-corrected chi connectivity index (χ2v) is 4.60. The highest BCUT2D eigenvalue weighted by atomic mass is 127. The van der Waals surface area contributed by atoms with Crippen molar-refractivity contribution in [1.29, 1.82) is 0 Å². The number of carbonyl (C=O) groups is 1. The Morgan fingerprint density at radius 2 is 2.10 bits per heavy atom. The first-order chi connectivity index (χ1) is 9.28. The zero-order valence-electron chi connectivity index (χ0n) is 10.3. The fraction of sp³-hybridized carbons (Fsp3) is 0.455. The van der Waals surface area contributed by atoms with Crippen LogP contribution >= 0.6 is 22.6 Å². The molecule has 112 valence electrons. The van der Waals surface area contributed by atoms with Gasteiger partial charge < -0.3 is 9.47 Å². The molecule has 0 aliphatic carbocycles. The molecule has 1 aromatic heterocycles. The van der Waals surface area contributed by atoms with Gasteiger partial charge in [-0.15, -0.1) is 13.2 Å². The van der Waals surface area contributed by atoms with E-state index in [0.717, 1.165) is 6.20 Å². The smallest absolute Gasteiger partial charge is 0.466 e. The number of carbonyl (C=O) groups excluding carboxylic acids is 1. The van der Waals surface area contributed by atoms with Crippen LogP contribution in [0.25, 0.3) is 0 Å². The Bertz CT molecular complexity index is 493. The Balaban J connectivity index is 3.05. The van der Waals surface area contributed by atoms with Gasteiger partial charge in [0.1, 0.15) is 6.67 Å². The molecule has 9 heteroatoms. The van der Waals surface area contributed by atoms with E-state index in [-0.39, 0.29) is 27.9 Å². The summed E-state index contributed by atoms with van der Waals surface area (Å²) in [6, 6.07) is 0. The topological polar surface area (TPSA) is 48.4 Å². The summed E-state index contributed by atoms with van der Waals surface area (Å²) in [7, 11) is 0. The van der Waals surface area contributed by atoms with Crippen LogP contribution in [-0.4, -0.2) is 23.9 Å². The molecule has 0 N–H and O–H groups in total. The lowest BCUT2D eigenvalue weighted by atomic mass is 10.2. The van der Waals surface area contributed by atoms with Crippen molar-refractivity contribution < 1.29 is 31.8 Å². The average molecular weight is 407 g/mol. The molecule has 20 heavy (non-hydrogen) atoms. The number of pyridine rings is 1. The van der Waals surface area contributed by atoms with Gasteiger partial charge in [-0.25, -0.2) is 4.39 Å². The van der Waals surface area contributed by atoms with Crippen LogP contribution in [0.15, 0.2) is 6.20 Å². The third kappa shape index (κ3) is 4.76. The van der Waals surface area contributed by atoms with Gasteiger partial charge in [-0.2, -0.15) is 0 Å². The molecule has 1 heterocycles. The van der Waals surface area contributed by atoms with Gasteiger partial charge in [0.05, 0.1) is 24.9 Å². The van der Waals surface area contributed by atoms with Crippen LogP contribution in [-0.2, 0) is 22.6 Å². The minimum absolute atomic E-state index is 0.111. The summed E-state index contributed by atoms with van der Waals surface area (Å²) in [5.41, 5.74) is -0.150.